The predicted octanol–water partition coefficient (Wildman–Crippen LogP) is 3.31. The molecule has 0 saturated heterocycles. The van der Waals surface area contributed by atoms with Crippen LogP contribution in [0.4, 0.5) is 5.69 Å². The maximum Gasteiger partial charge on any atom is 0.238 e. The number of amides is 1. The maximum absolute atomic E-state index is 11.9. The molecule has 5 heteroatoms. The van der Waals surface area contributed by atoms with E-state index < -0.39 is 0 Å². The third-order valence-electron chi connectivity index (χ3n) is 2.76. The number of furan rings is 1. The lowest BCUT2D eigenvalue weighted by atomic mass is 10.3. The molecule has 0 aliphatic heterocycles. The standard InChI is InChI=1S/C15H17ClN2O2/c1-11-3-8-14(20-11)9-18(2)10-15(19)17-13-6-4-12(16)5-7-13/h3-8H,9-10H2,1-2H3,(H,17,19). The molecule has 1 amide bonds. The largest absolute Gasteiger partial charge is 0.465 e. The van der Waals surface area contributed by atoms with Crippen molar-refractivity contribution < 1.29 is 9.21 Å². The van der Waals surface area contributed by atoms with Crippen LogP contribution >= 0.6 is 11.6 Å². The number of halogens is 1. The van der Waals surface area contributed by atoms with E-state index in [1.54, 1.807) is 24.3 Å². The van der Waals surface area contributed by atoms with Crippen molar-refractivity contribution in [2.24, 2.45) is 0 Å². The summed E-state index contributed by atoms with van der Waals surface area (Å²) in [7, 11) is 1.87. The number of hydrogen-bond acceptors (Lipinski definition) is 3. The van der Waals surface area contributed by atoms with Crippen LogP contribution in [0.25, 0.3) is 0 Å². The first-order valence-corrected chi connectivity index (χ1v) is 6.70. The van der Waals surface area contributed by atoms with E-state index in [2.05, 4.69) is 5.32 Å². The first kappa shape index (κ1) is 14.6. The number of aryl methyl sites for hydroxylation is 1. The van der Waals surface area contributed by atoms with Gasteiger partial charge in [0.1, 0.15) is 11.5 Å². The Bertz CT molecular complexity index is 578. The second kappa shape index (κ2) is 6.59. The molecule has 1 aromatic carbocycles. The van der Waals surface area contributed by atoms with Gasteiger partial charge in [0.25, 0.3) is 0 Å². The van der Waals surface area contributed by atoms with Crippen molar-refractivity contribution in [3.8, 4) is 0 Å². The Morgan fingerprint density at radius 3 is 2.55 bits per heavy atom. The summed E-state index contributed by atoms with van der Waals surface area (Å²) in [6, 6.07) is 10.9. The number of carbonyl (C=O) groups excluding carboxylic acids is 1. The summed E-state index contributed by atoms with van der Waals surface area (Å²) < 4.78 is 5.48. The van der Waals surface area contributed by atoms with Gasteiger partial charge in [-0.2, -0.15) is 0 Å². The molecular formula is C15H17ClN2O2. The van der Waals surface area contributed by atoms with Crippen LogP contribution in [0.5, 0.6) is 0 Å². The Labute approximate surface area is 123 Å². The molecule has 1 aromatic heterocycles. The highest BCUT2D eigenvalue weighted by molar-refractivity contribution is 6.30. The monoisotopic (exact) mass is 292 g/mol. The summed E-state index contributed by atoms with van der Waals surface area (Å²) in [4.78, 5) is 13.8. The van der Waals surface area contributed by atoms with E-state index >= 15 is 0 Å². The van der Waals surface area contributed by atoms with Crippen molar-refractivity contribution in [1.82, 2.24) is 4.90 Å². The summed E-state index contributed by atoms with van der Waals surface area (Å²) >= 11 is 5.79. The lowest BCUT2D eigenvalue weighted by molar-refractivity contribution is -0.117. The number of hydrogen-bond donors (Lipinski definition) is 1. The Morgan fingerprint density at radius 2 is 1.95 bits per heavy atom. The highest BCUT2D eigenvalue weighted by atomic mass is 35.5. The van der Waals surface area contributed by atoms with Crippen molar-refractivity contribution >= 4 is 23.2 Å². The molecule has 0 unspecified atom stereocenters. The van der Waals surface area contributed by atoms with Gasteiger partial charge in [-0.25, -0.2) is 0 Å². The molecule has 0 saturated carbocycles. The molecule has 2 rings (SSSR count). The molecule has 0 radical (unpaired) electrons. The van der Waals surface area contributed by atoms with E-state index in [1.807, 2.05) is 31.0 Å². The molecular weight excluding hydrogens is 276 g/mol. The van der Waals surface area contributed by atoms with Gasteiger partial charge in [-0.15, -0.1) is 0 Å². The molecule has 1 heterocycles. The van der Waals surface area contributed by atoms with Crippen LogP contribution in [-0.2, 0) is 11.3 Å². The lowest BCUT2D eigenvalue weighted by Crippen LogP contribution is -2.29. The average Bonchev–Trinajstić information content (AvgIpc) is 2.77. The van der Waals surface area contributed by atoms with Crippen molar-refractivity contribution in [1.29, 1.82) is 0 Å². The van der Waals surface area contributed by atoms with Gasteiger partial charge in [0, 0.05) is 10.7 Å². The van der Waals surface area contributed by atoms with Crippen molar-refractivity contribution in [3.63, 3.8) is 0 Å². The fourth-order valence-corrected chi connectivity index (χ4v) is 2.00. The van der Waals surface area contributed by atoms with E-state index in [9.17, 15) is 4.79 Å². The van der Waals surface area contributed by atoms with E-state index in [0.717, 1.165) is 17.2 Å². The Balaban J connectivity index is 1.83. The second-order valence-corrected chi connectivity index (χ2v) is 5.18. The number of rotatable bonds is 5. The minimum absolute atomic E-state index is 0.0712. The highest BCUT2D eigenvalue weighted by Gasteiger charge is 2.09. The fraction of sp³-hybridized carbons (Fsp3) is 0.267. The zero-order chi connectivity index (χ0) is 14.5. The van der Waals surface area contributed by atoms with Crippen molar-refractivity contribution in [2.45, 2.75) is 13.5 Å². The molecule has 0 bridgehead atoms. The number of nitrogens with zero attached hydrogens (tertiary/aromatic N) is 1. The van der Waals surface area contributed by atoms with Crippen LogP contribution in [0.3, 0.4) is 0 Å². The van der Waals surface area contributed by atoms with Crippen molar-refractivity contribution in [2.75, 3.05) is 18.9 Å². The Morgan fingerprint density at radius 1 is 1.25 bits per heavy atom. The molecule has 20 heavy (non-hydrogen) atoms. The quantitative estimate of drug-likeness (QED) is 0.919. The van der Waals surface area contributed by atoms with Crippen LogP contribution in [-0.4, -0.2) is 24.4 Å². The molecule has 0 aliphatic carbocycles. The van der Waals surface area contributed by atoms with Gasteiger partial charge in [-0.05, 0) is 50.4 Å². The third-order valence-corrected chi connectivity index (χ3v) is 3.02. The van der Waals surface area contributed by atoms with Crippen molar-refractivity contribution in [3.05, 3.63) is 52.9 Å². The SMILES string of the molecule is Cc1ccc(CN(C)CC(=O)Nc2ccc(Cl)cc2)o1. The zero-order valence-corrected chi connectivity index (χ0v) is 12.3. The Hall–Kier alpha value is -1.78. The maximum atomic E-state index is 11.9. The Kier molecular flexibility index (Phi) is 4.82. The number of likely N-dealkylation sites (N-methyl/N-ethyl adjacent to an activating group) is 1. The molecule has 0 atom stereocenters. The molecule has 2 aromatic rings. The molecule has 1 N–H and O–H groups in total. The number of anilines is 1. The van der Waals surface area contributed by atoms with E-state index in [4.69, 9.17) is 16.0 Å². The highest BCUT2D eigenvalue weighted by Crippen LogP contribution is 2.13. The predicted molar refractivity (Wildman–Crippen MR) is 79.9 cm³/mol. The van der Waals surface area contributed by atoms with Crippen LogP contribution in [0.2, 0.25) is 5.02 Å². The third kappa shape index (κ3) is 4.40. The topological polar surface area (TPSA) is 45.5 Å². The fourth-order valence-electron chi connectivity index (χ4n) is 1.87. The van der Waals surface area contributed by atoms with Gasteiger partial charge in [-0.3, -0.25) is 9.69 Å². The second-order valence-electron chi connectivity index (χ2n) is 4.74. The zero-order valence-electron chi connectivity index (χ0n) is 11.5. The van der Waals surface area contributed by atoms with Crippen LogP contribution in [0, 0.1) is 6.92 Å². The van der Waals surface area contributed by atoms with Gasteiger partial charge in [0.2, 0.25) is 5.91 Å². The number of benzene rings is 1. The van der Waals surface area contributed by atoms with Gasteiger partial charge < -0.3 is 9.73 Å². The van der Waals surface area contributed by atoms with Crippen LogP contribution < -0.4 is 5.32 Å². The summed E-state index contributed by atoms with van der Waals surface area (Å²) in [5.74, 6) is 1.65. The van der Waals surface area contributed by atoms with Gasteiger partial charge in [0.05, 0.1) is 13.1 Å². The molecule has 0 fully saturated rings. The molecule has 0 spiro atoms. The smallest absolute Gasteiger partial charge is 0.238 e. The van der Waals surface area contributed by atoms with Crippen LogP contribution in [0.15, 0.2) is 40.8 Å². The lowest BCUT2D eigenvalue weighted by Gasteiger charge is -2.14. The van der Waals surface area contributed by atoms with Gasteiger partial charge in [0.15, 0.2) is 0 Å². The number of nitrogens with one attached hydrogen (secondary N) is 1. The van der Waals surface area contributed by atoms with E-state index in [-0.39, 0.29) is 5.91 Å². The minimum atomic E-state index is -0.0712. The summed E-state index contributed by atoms with van der Waals surface area (Å²) in [6.45, 7) is 2.79. The first-order valence-electron chi connectivity index (χ1n) is 6.32. The van der Waals surface area contributed by atoms with E-state index in [0.29, 0.717) is 18.1 Å². The van der Waals surface area contributed by atoms with Gasteiger partial charge in [-0.1, -0.05) is 11.6 Å². The van der Waals surface area contributed by atoms with E-state index in [1.165, 1.54) is 0 Å². The minimum Gasteiger partial charge on any atom is -0.465 e. The molecule has 4 nitrogen and oxygen atoms in total. The summed E-state index contributed by atoms with van der Waals surface area (Å²) in [5.41, 5.74) is 0.738. The summed E-state index contributed by atoms with van der Waals surface area (Å²) in [5, 5.41) is 3.47. The first-order chi connectivity index (χ1) is 9.52. The molecule has 0 aliphatic rings. The molecule has 106 valence electrons. The number of carbonyl (C=O) groups is 1. The van der Waals surface area contributed by atoms with Gasteiger partial charge >= 0.3 is 0 Å². The van der Waals surface area contributed by atoms with Crippen LogP contribution in [0.1, 0.15) is 11.5 Å². The summed E-state index contributed by atoms with van der Waals surface area (Å²) in [6.07, 6.45) is 0. The average molecular weight is 293 g/mol. The normalized spacial score (nSPS) is 10.8.